The van der Waals surface area contributed by atoms with Crippen LogP contribution in [0.2, 0.25) is 0 Å². The van der Waals surface area contributed by atoms with E-state index in [1.165, 1.54) is 0 Å². The number of amides is 1. The van der Waals surface area contributed by atoms with Crippen LogP contribution in [0, 0.1) is 20.8 Å². The minimum Gasteiger partial charge on any atom is -0.492 e. The van der Waals surface area contributed by atoms with Crippen LogP contribution in [0.4, 0.5) is 5.69 Å². The van der Waals surface area contributed by atoms with E-state index in [2.05, 4.69) is 5.32 Å². The van der Waals surface area contributed by atoms with Gasteiger partial charge in [0.05, 0.1) is 18.5 Å². The topological polar surface area (TPSA) is 75.7 Å². The summed E-state index contributed by atoms with van der Waals surface area (Å²) < 4.78 is 30.9. The van der Waals surface area contributed by atoms with Gasteiger partial charge in [-0.05, 0) is 61.7 Å². The van der Waals surface area contributed by atoms with E-state index in [0.717, 1.165) is 33.0 Å². The highest BCUT2D eigenvalue weighted by molar-refractivity contribution is 7.92. The van der Waals surface area contributed by atoms with Crippen molar-refractivity contribution in [2.24, 2.45) is 0 Å². The number of ether oxygens (including phenoxy) is 1. The Hall–Kier alpha value is -2.54. The number of hydrogen-bond donors (Lipinski definition) is 1. The number of aryl methyl sites for hydroxylation is 3. The van der Waals surface area contributed by atoms with E-state index in [1.807, 2.05) is 51.1 Å². The number of nitrogens with zero attached hydrogens (tertiary/aromatic N) is 1. The van der Waals surface area contributed by atoms with Crippen LogP contribution < -0.4 is 14.4 Å². The summed E-state index contributed by atoms with van der Waals surface area (Å²) in [5, 5.41) is 2.70. The first-order valence-electron chi connectivity index (χ1n) is 8.68. The summed E-state index contributed by atoms with van der Waals surface area (Å²) in [6.07, 6.45) is 1.09. The second-order valence-corrected chi connectivity index (χ2v) is 8.46. The first-order valence-corrected chi connectivity index (χ1v) is 10.5. The van der Waals surface area contributed by atoms with E-state index >= 15 is 0 Å². The Morgan fingerprint density at radius 3 is 2.44 bits per heavy atom. The van der Waals surface area contributed by atoms with Gasteiger partial charge >= 0.3 is 0 Å². The van der Waals surface area contributed by atoms with E-state index in [1.54, 1.807) is 12.1 Å². The van der Waals surface area contributed by atoms with Gasteiger partial charge in [0.2, 0.25) is 15.9 Å². The minimum atomic E-state index is -3.58. The van der Waals surface area contributed by atoms with Crippen molar-refractivity contribution in [3.05, 3.63) is 59.2 Å². The number of rotatable bonds is 8. The molecule has 1 amide bonds. The van der Waals surface area contributed by atoms with Gasteiger partial charge in [-0.3, -0.25) is 9.10 Å². The number of carbonyl (C=O) groups is 1. The van der Waals surface area contributed by atoms with Gasteiger partial charge in [0.1, 0.15) is 18.9 Å². The number of nitrogens with one attached hydrogen (secondary N) is 1. The molecule has 7 heteroatoms. The molecule has 0 saturated carbocycles. The van der Waals surface area contributed by atoms with Crippen LogP contribution >= 0.6 is 0 Å². The lowest BCUT2D eigenvalue weighted by Gasteiger charge is -2.22. The van der Waals surface area contributed by atoms with Crippen molar-refractivity contribution in [3.63, 3.8) is 0 Å². The van der Waals surface area contributed by atoms with Crippen LogP contribution in [0.25, 0.3) is 0 Å². The highest BCUT2D eigenvalue weighted by Gasteiger charge is 2.21. The summed E-state index contributed by atoms with van der Waals surface area (Å²) in [6.45, 7) is 6.15. The molecule has 0 radical (unpaired) electrons. The van der Waals surface area contributed by atoms with Gasteiger partial charge in [-0.1, -0.05) is 18.2 Å². The second kappa shape index (κ2) is 8.90. The first kappa shape index (κ1) is 20.8. The zero-order chi connectivity index (χ0) is 20.0. The Morgan fingerprint density at radius 1 is 1.07 bits per heavy atom. The standard InChI is InChI=1S/C20H26N2O4S/c1-15-6-5-7-19(12-15)26-11-10-21-20(23)14-22(27(4,24)25)18-9-8-16(2)17(3)13-18/h5-9,12-13H,10-11,14H2,1-4H3,(H,21,23). The zero-order valence-corrected chi connectivity index (χ0v) is 17.0. The molecule has 0 aliphatic rings. The minimum absolute atomic E-state index is 0.272. The lowest BCUT2D eigenvalue weighted by Crippen LogP contribution is -2.41. The Morgan fingerprint density at radius 2 is 1.81 bits per heavy atom. The maximum atomic E-state index is 12.2. The highest BCUT2D eigenvalue weighted by atomic mass is 32.2. The molecule has 1 N–H and O–H groups in total. The maximum Gasteiger partial charge on any atom is 0.240 e. The molecule has 0 unspecified atom stereocenters. The maximum absolute atomic E-state index is 12.2. The number of anilines is 1. The summed E-state index contributed by atoms with van der Waals surface area (Å²) in [5.74, 6) is 0.351. The van der Waals surface area contributed by atoms with Crippen LogP contribution in [-0.4, -0.2) is 40.3 Å². The molecular formula is C20H26N2O4S. The lowest BCUT2D eigenvalue weighted by molar-refractivity contribution is -0.119. The molecule has 0 spiro atoms. The summed E-state index contributed by atoms with van der Waals surface area (Å²) in [5.41, 5.74) is 3.60. The van der Waals surface area contributed by atoms with Gasteiger partial charge in [-0.25, -0.2) is 8.42 Å². The Kier molecular flexibility index (Phi) is 6.85. The van der Waals surface area contributed by atoms with Crippen molar-refractivity contribution in [3.8, 4) is 5.75 Å². The van der Waals surface area contributed by atoms with Gasteiger partial charge < -0.3 is 10.1 Å². The van der Waals surface area contributed by atoms with Crippen molar-refractivity contribution in [1.29, 1.82) is 0 Å². The highest BCUT2D eigenvalue weighted by Crippen LogP contribution is 2.21. The van der Waals surface area contributed by atoms with Crippen molar-refractivity contribution in [2.75, 3.05) is 30.3 Å². The van der Waals surface area contributed by atoms with Crippen LogP contribution in [0.5, 0.6) is 5.75 Å². The quantitative estimate of drug-likeness (QED) is 0.703. The molecule has 0 heterocycles. The summed E-state index contributed by atoms with van der Waals surface area (Å²) in [6, 6.07) is 12.9. The predicted molar refractivity (Wildman–Crippen MR) is 108 cm³/mol. The lowest BCUT2D eigenvalue weighted by atomic mass is 10.1. The first-order chi connectivity index (χ1) is 12.7. The monoisotopic (exact) mass is 390 g/mol. The van der Waals surface area contributed by atoms with Crippen LogP contribution in [0.15, 0.2) is 42.5 Å². The molecule has 146 valence electrons. The van der Waals surface area contributed by atoms with E-state index in [4.69, 9.17) is 4.74 Å². The summed E-state index contributed by atoms with van der Waals surface area (Å²) in [7, 11) is -3.58. The normalized spacial score (nSPS) is 11.1. The number of sulfonamides is 1. The molecule has 0 aliphatic heterocycles. The molecule has 0 atom stereocenters. The van der Waals surface area contributed by atoms with E-state index in [0.29, 0.717) is 12.3 Å². The molecule has 2 aromatic carbocycles. The van der Waals surface area contributed by atoms with Crippen LogP contribution in [-0.2, 0) is 14.8 Å². The predicted octanol–water partition coefficient (Wildman–Crippen LogP) is 2.57. The van der Waals surface area contributed by atoms with Crippen molar-refractivity contribution < 1.29 is 17.9 Å². The van der Waals surface area contributed by atoms with Crippen LogP contribution in [0.1, 0.15) is 16.7 Å². The molecule has 27 heavy (non-hydrogen) atoms. The van der Waals surface area contributed by atoms with Gasteiger partial charge in [-0.2, -0.15) is 0 Å². The molecule has 0 fully saturated rings. The Labute approximate surface area is 161 Å². The fourth-order valence-electron chi connectivity index (χ4n) is 2.53. The number of carbonyl (C=O) groups excluding carboxylic acids is 1. The van der Waals surface area contributed by atoms with Crippen LogP contribution in [0.3, 0.4) is 0 Å². The number of hydrogen-bond acceptors (Lipinski definition) is 4. The fourth-order valence-corrected chi connectivity index (χ4v) is 3.38. The second-order valence-electron chi connectivity index (χ2n) is 6.55. The van der Waals surface area contributed by atoms with Crippen molar-refractivity contribution in [2.45, 2.75) is 20.8 Å². The number of benzene rings is 2. The van der Waals surface area contributed by atoms with Gasteiger partial charge in [-0.15, -0.1) is 0 Å². The third-order valence-corrected chi connectivity index (χ3v) is 5.29. The molecule has 2 rings (SSSR count). The third kappa shape index (κ3) is 6.29. The molecule has 0 bridgehead atoms. The Bertz CT molecular complexity index is 910. The fraction of sp³-hybridized carbons (Fsp3) is 0.350. The van der Waals surface area contributed by atoms with Gasteiger partial charge in [0.25, 0.3) is 0 Å². The van der Waals surface area contributed by atoms with Gasteiger partial charge in [0, 0.05) is 0 Å². The third-order valence-electron chi connectivity index (χ3n) is 4.15. The zero-order valence-electron chi connectivity index (χ0n) is 16.2. The van der Waals surface area contributed by atoms with Crippen molar-refractivity contribution in [1.82, 2.24) is 5.32 Å². The summed E-state index contributed by atoms with van der Waals surface area (Å²) >= 11 is 0. The molecule has 0 aromatic heterocycles. The largest absolute Gasteiger partial charge is 0.492 e. The van der Waals surface area contributed by atoms with Gasteiger partial charge in [0.15, 0.2) is 0 Å². The molecular weight excluding hydrogens is 364 g/mol. The summed E-state index contributed by atoms with van der Waals surface area (Å²) in [4.78, 5) is 12.2. The average molecular weight is 391 g/mol. The van der Waals surface area contributed by atoms with E-state index < -0.39 is 10.0 Å². The van der Waals surface area contributed by atoms with Crippen molar-refractivity contribution >= 4 is 21.6 Å². The van der Waals surface area contributed by atoms with E-state index in [9.17, 15) is 13.2 Å². The average Bonchev–Trinajstić information content (AvgIpc) is 2.58. The molecule has 2 aromatic rings. The molecule has 0 aliphatic carbocycles. The van der Waals surface area contributed by atoms with E-state index in [-0.39, 0.29) is 19.0 Å². The molecule has 0 saturated heterocycles. The molecule has 6 nitrogen and oxygen atoms in total. The Balaban J connectivity index is 1.93. The smallest absolute Gasteiger partial charge is 0.240 e. The SMILES string of the molecule is Cc1cccc(OCCNC(=O)CN(c2ccc(C)c(C)c2)S(C)(=O)=O)c1.